The number of amides is 2. The lowest BCUT2D eigenvalue weighted by Crippen LogP contribution is -2.60. The number of hydrogen-bond donors (Lipinski definition) is 1. The van der Waals surface area contributed by atoms with E-state index in [0.717, 1.165) is 0 Å². The molecule has 2 amide bonds. The molecular weight excluding hydrogens is 352 g/mol. The predicted molar refractivity (Wildman–Crippen MR) is 99.2 cm³/mol. The van der Waals surface area contributed by atoms with Crippen LogP contribution in [0.2, 0.25) is 0 Å². The third kappa shape index (κ3) is 5.04. The Bertz CT molecular complexity index is 578. The van der Waals surface area contributed by atoms with Crippen LogP contribution in [0.25, 0.3) is 0 Å². The molecule has 0 radical (unpaired) electrons. The quantitative estimate of drug-likeness (QED) is 0.745. The van der Waals surface area contributed by atoms with E-state index in [2.05, 4.69) is 0 Å². The number of carbonyl (C=O) groups is 2. The molecule has 0 spiro atoms. The summed E-state index contributed by atoms with van der Waals surface area (Å²) in [4.78, 5) is 28.5. The van der Waals surface area contributed by atoms with Crippen LogP contribution in [0.3, 0.4) is 0 Å². The van der Waals surface area contributed by atoms with Gasteiger partial charge in [0.2, 0.25) is 0 Å². The zero-order valence-corrected chi connectivity index (χ0v) is 17.7. The minimum atomic E-state index is -0.873. The standard InChI is InChI=1S/C19H34N2O6/c1-17(2,3)26-15(23)20-10-13-14(9-12(20)11-22)25-19(7,8)21(13)16(24)27-18(4,5)6/h12-14,22H,9-11H2,1-8H3/t12-,13+,14-/m0/s1. The molecule has 2 fully saturated rings. The van der Waals surface area contributed by atoms with E-state index in [-0.39, 0.29) is 25.3 Å². The van der Waals surface area contributed by atoms with Gasteiger partial charge in [-0.1, -0.05) is 0 Å². The summed E-state index contributed by atoms with van der Waals surface area (Å²) in [5.74, 6) is 0. The van der Waals surface area contributed by atoms with Crippen LogP contribution in [0.4, 0.5) is 9.59 Å². The monoisotopic (exact) mass is 386 g/mol. The number of hydrogen-bond acceptors (Lipinski definition) is 6. The smallest absolute Gasteiger partial charge is 0.412 e. The van der Waals surface area contributed by atoms with Crippen molar-refractivity contribution in [3.05, 3.63) is 0 Å². The number of ether oxygens (including phenoxy) is 3. The Morgan fingerprint density at radius 3 is 2.07 bits per heavy atom. The summed E-state index contributed by atoms with van der Waals surface area (Å²) in [7, 11) is 0. The molecule has 2 aliphatic heterocycles. The van der Waals surface area contributed by atoms with Crippen LogP contribution in [0.15, 0.2) is 0 Å². The normalized spacial score (nSPS) is 28.0. The summed E-state index contributed by atoms with van der Waals surface area (Å²) in [6.07, 6.45) is -0.854. The first-order valence-corrected chi connectivity index (χ1v) is 9.45. The van der Waals surface area contributed by atoms with Crippen molar-refractivity contribution < 1.29 is 28.9 Å². The van der Waals surface area contributed by atoms with E-state index in [1.165, 1.54) is 4.90 Å². The number of fused-ring (bicyclic) bond motifs is 1. The summed E-state index contributed by atoms with van der Waals surface area (Å²) in [6, 6.07) is -0.791. The van der Waals surface area contributed by atoms with Crippen LogP contribution in [-0.4, -0.2) is 75.4 Å². The zero-order valence-electron chi connectivity index (χ0n) is 17.7. The van der Waals surface area contributed by atoms with Crippen LogP contribution < -0.4 is 0 Å². The van der Waals surface area contributed by atoms with Gasteiger partial charge in [-0.15, -0.1) is 0 Å². The number of nitrogens with zero attached hydrogens (tertiary/aromatic N) is 2. The van der Waals surface area contributed by atoms with E-state index in [1.54, 1.807) is 39.5 Å². The Morgan fingerprint density at radius 2 is 1.59 bits per heavy atom. The van der Waals surface area contributed by atoms with Crippen LogP contribution in [0, 0.1) is 0 Å². The Balaban J connectivity index is 2.26. The molecule has 0 saturated carbocycles. The number of aliphatic hydroxyl groups is 1. The van der Waals surface area contributed by atoms with Gasteiger partial charge in [-0.2, -0.15) is 0 Å². The molecule has 156 valence electrons. The first-order valence-electron chi connectivity index (χ1n) is 9.45. The zero-order chi connectivity index (χ0) is 20.8. The second-order valence-electron chi connectivity index (χ2n) is 9.73. The Kier molecular flexibility index (Phi) is 5.74. The van der Waals surface area contributed by atoms with Gasteiger partial charge in [0.1, 0.15) is 16.9 Å². The molecule has 0 aliphatic carbocycles. The molecule has 0 aromatic rings. The van der Waals surface area contributed by atoms with Crippen molar-refractivity contribution in [3.63, 3.8) is 0 Å². The first-order chi connectivity index (χ1) is 12.1. The fourth-order valence-corrected chi connectivity index (χ4v) is 3.61. The molecule has 0 aromatic carbocycles. The van der Waals surface area contributed by atoms with Gasteiger partial charge in [0.15, 0.2) is 0 Å². The first kappa shape index (κ1) is 21.8. The van der Waals surface area contributed by atoms with Crippen molar-refractivity contribution in [2.45, 2.75) is 96.9 Å². The average molecular weight is 386 g/mol. The van der Waals surface area contributed by atoms with E-state index >= 15 is 0 Å². The maximum absolute atomic E-state index is 12.8. The van der Waals surface area contributed by atoms with Gasteiger partial charge < -0.3 is 24.2 Å². The topological polar surface area (TPSA) is 88.5 Å². The van der Waals surface area contributed by atoms with E-state index in [4.69, 9.17) is 14.2 Å². The molecule has 2 aliphatic rings. The van der Waals surface area contributed by atoms with Gasteiger partial charge in [0.05, 0.1) is 24.8 Å². The number of carbonyl (C=O) groups excluding carboxylic acids is 2. The predicted octanol–water partition coefficient (Wildman–Crippen LogP) is 2.73. The molecule has 8 nitrogen and oxygen atoms in total. The highest BCUT2D eigenvalue weighted by Crippen LogP contribution is 2.39. The summed E-state index contributed by atoms with van der Waals surface area (Å²) in [6.45, 7) is 14.4. The van der Waals surface area contributed by atoms with E-state index in [0.29, 0.717) is 6.42 Å². The molecule has 8 heteroatoms. The summed E-state index contributed by atoms with van der Waals surface area (Å²) >= 11 is 0. The number of piperidine rings is 1. The fourth-order valence-electron chi connectivity index (χ4n) is 3.61. The second-order valence-corrected chi connectivity index (χ2v) is 9.73. The lowest BCUT2D eigenvalue weighted by atomic mass is 9.95. The van der Waals surface area contributed by atoms with Gasteiger partial charge >= 0.3 is 12.2 Å². The Hall–Kier alpha value is -1.54. The van der Waals surface area contributed by atoms with Crippen LogP contribution in [0.5, 0.6) is 0 Å². The molecule has 2 saturated heterocycles. The SMILES string of the molecule is CC(C)(C)OC(=O)N1C[C@@H]2[C@H](C[C@H]1CO)OC(C)(C)N2C(=O)OC(C)(C)C. The minimum absolute atomic E-state index is 0.196. The lowest BCUT2D eigenvalue weighted by molar-refractivity contribution is -0.0829. The molecule has 0 unspecified atom stereocenters. The highest BCUT2D eigenvalue weighted by Gasteiger charge is 2.55. The fraction of sp³-hybridized carbons (Fsp3) is 0.895. The maximum Gasteiger partial charge on any atom is 0.412 e. The molecule has 2 heterocycles. The van der Waals surface area contributed by atoms with Gasteiger partial charge in [0.25, 0.3) is 0 Å². The van der Waals surface area contributed by atoms with Crippen molar-refractivity contribution >= 4 is 12.2 Å². The van der Waals surface area contributed by atoms with Crippen molar-refractivity contribution in [3.8, 4) is 0 Å². The van der Waals surface area contributed by atoms with Crippen molar-refractivity contribution in [1.82, 2.24) is 9.80 Å². The molecule has 0 aromatic heterocycles. The summed E-state index contributed by atoms with van der Waals surface area (Å²) in [5, 5.41) is 9.78. The molecule has 2 rings (SSSR count). The van der Waals surface area contributed by atoms with Crippen molar-refractivity contribution in [1.29, 1.82) is 0 Å². The number of rotatable bonds is 1. The molecule has 1 N–H and O–H groups in total. The number of likely N-dealkylation sites (tertiary alicyclic amines) is 1. The Morgan fingerprint density at radius 1 is 1.07 bits per heavy atom. The van der Waals surface area contributed by atoms with Crippen LogP contribution in [-0.2, 0) is 14.2 Å². The highest BCUT2D eigenvalue weighted by atomic mass is 16.6. The van der Waals surface area contributed by atoms with Crippen LogP contribution in [0.1, 0.15) is 61.8 Å². The van der Waals surface area contributed by atoms with Crippen molar-refractivity contribution in [2.75, 3.05) is 13.2 Å². The maximum atomic E-state index is 12.8. The average Bonchev–Trinajstić information content (AvgIpc) is 2.70. The van der Waals surface area contributed by atoms with E-state index < -0.39 is 35.2 Å². The van der Waals surface area contributed by atoms with E-state index in [1.807, 2.05) is 20.8 Å². The third-order valence-electron chi connectivity index (χ3n) is 4.54. The van der Waals surface area contributed by atoms with Gasteiger partial charge in [-0.25, -0.2) is 9.59 Å². The van der Waals surface area contributed by atoms with Gasteiger partial charge in [0, 0.05) is 6.54 Å². The minimum Gasteiger partial charge on any atom is -0.444 e. The van der Waals surface area contributed by atoms with Crippen molar-refractivity contribution in [2.24, 2.45) is 0 Å². The van der Waals surface area contributed by atoms with Crippen LogP contribution >= 0.6 is 0 Å². The largest absolute Gasteiger partial charge is 0.444 e. The molecule has 27 heavy (non-hydrogen) atoms. The summed E-state index contributed by atoms with van der Waals surface area (Å²) in [5.41, 5.74) is -2.16. The molecular formula is C19H34N2O6. The van der Waals surface area contributed by atoms with Gasteiger partial charge in [-0.3, -0.25) is 4.90 Å². The highest BCUT2D eigenvalue weighted by molar-refractivity contribution is 5.71. The van der Waals surface area contributed by atoms with E-state index in [9.17, 15) is 14.7 Å². The number of aliphatic hydroxyl groups excluding tert-OH is 1. The summed E-state index contributed by atoms with van der Waals surface area (Å²) < 4.78 is 17.1. The molecule has 3 atom stereocenters. The van der Waals surface area contributed by atoms with Gasteiger partial charge in [-0.05, 0) is 61.8 Å². The third-order valence-corrected chi connectivity index (χ3v) is 4.54. The lowest BCUT2D eigenvalue weighted by Gasteiger charge is -2.42. The second kappa shape index (κ2) is 7.13. The Labute approximate surface area is 161 Å². The molecule has 0 bridgehead atoms.